The van der Waals surface area contributed by atoms with E-state index >= 15 is 0 Å². The van der Waals surface area contributed by atoms with Gasteiger partial charge < -0.3 is 10.2 Å². The minimum absolute atomic E-state index is 0.224. The van der Waals surface area contributed by atoms with Crippen molar-refractivity contribution in [1.82, 2.24) is 24.7 Å². The van der Waals surface area contributed by atoms with Crippen molar-refractivity contribution < 1.29 is 8.42 Å². The molecule has 21 heavy (non-hydrogen) atoms. The minimum atomic E-state index is -3.45. The number of sulfonamides is 1. The molecule has 8 heteroatoms. The first kappa shape index (κ1) is 18.1. The molecule has 0 unspecified atom stereocenters. The second-order valence-corrected chi connectivity index (χ2v) is 6.59. The Bertz CT molecular complexity index is 496. The summed E-state index contributed by atoms with van der Waals surface area (Å²) in [6, 6.07) is 0. The molecule has 0 aliphatic carbocycles. The lowest BCUT2D eigenvalue weighted by atomic mass is 10.4. The maximum absolute atomic E-state index is 12.1. The van der Waals surface area contributed by atoms with E-state index in [0.29, 0.717) is 13.1 Å². The highest BCUT2D eigenvalue weighted by atomic mass is 32.2. The monoisotopic (exact) mass is 317 g/mol. The maximum Gasteiger partial charge on any atom is 0.243 e. The highest BCUT2D eigenvalue weighted by Gasteiger charge is 2.15. The highest BCUT2D eigenvalue weighted by molar-refractivity contribution is 7.89. The SMILES string of the molecule is CCN(CC)CCCNS(=O)(=O)c1cnn(CCNC)c1. The Labute approximate surface area is 127 Å². The number of nitrogens with zero attached hydrogens (tertiary/aromatic N) is 3. The van der Waals surface area contributed by atoms with Crippen LogP contribution in [0.25, 0.3) is 0 Å². The molecule has 0 fully saturated rings. The predicted octanol–water partition coefficient (Wildman–Crippen LogP) is 0.113. The zero-order valence-corrected chi connectivity index (χ0v) is 14.0. The molecule has 0 aromatic carbocycles. The molecule has 0 aliphatic heterocycles. The van der Waals surface area contributed by atoms with Gasteiger partial charge >= 0.3 is 0 Å². The van der Waals surface area contributed by atoms with E-state index in [4.69, 9.17) is 0 Å². The van der Waals surface area contributed by atoms with Gasteiger partial charge in [0.2, 0.25) is 10.0 Å². The molecule has 0 atom stereocenters. The molecular formula is C13H27N5O2S. The Balaban J connectivity index is 2.44. The van der Waals surface area contributed by atoms with E-state index in [9.17, 15) is 8.42 Å². The Morgan fingerprint density at radius 1 is 1.29 bits per heavy atom. The highest BCUT2D eigenvalue weighted by Crippen LogP contribution is 2.06. The zero-order valence-electron chi connectivity index (χ0n) is 13.2. The van der Waals surface area contributed by atoms with Crippen molar-refractivity contribution >= 4 is 10.0 Å². The number of likely N-dealkylation sites (N-methyl/N-ethyl adjacent to an activating group) is 1. The summed E-state index contributed by atoms with van der Waals surface area (Å²) in [5, 5.41) is 7.05. The van der Waals surface area contributed by atoms with E-state index in [2.05, 4.69) is 33.9 Å². The van der Waals surface area contributed by atoms with Crippen LogP contribution >= 0.6 is 0 Å². The minimum Gasteiger partial charge on any atom is -0.318 e. The fourth-order valence-corrected chi connectivity index (χ4v) is 2.99. The third kappa shape index (κ3) is 6.13. The average molecular weight is 317 g/mol. The third-order valence-corrected chi connectivity index (χ3v) is 4.76. The van der Waals surface area contributed by atoms with Gasteiger partial charge in [0.1, 0.15) is 4.90 Å². The molecule has 122 valence electrons. The molecule has 1 aromatic rings. The van der Waals surface area contributed by atoms with Gasteiger partial charge in [-0.15, -0.1) is 0 Å². The van der Waals surface area contributed by atoms with Crippen molar-refractivity contribution in [3.05, 3.63) is 12.4 Å². The standard InChI is InChI=1S/C13H27N5O2S/c1-4-17(5-2)9-6-7-16-21(19,20)13-11-15-18(12-13)10-8-14-3/h11-12,14,16H,4-10H2,1-3H3. The van der Waals surface area contributed by atoms with E-state index in [1.165, 1.54) is 6.20 Å². The van der Waals surface area contributed by atoms with Crippen LogP contribution < -0.4 is 10.0 Å². The summed E-state index contributed by atoms with van der Waals surface area (Å²) in [6.07, 6.45) is 3.75. The third-order valence-electron chi connectivity index (χ3n) is 3.35. The molecule has 0 amide bonds. The fourth-order valence-electron chi connectivity index (χ4n) is 1.96. The summed E-state index contributed by atoms with van der Waals surface area (Å²) in [4.78, 5) is 2.49. The lowest BCUT2D eigenvalue weighted by molar-refractivity contribution is 0.300. The first-order chi connectivity index (χ1) is 10.0. The van der Waals surface area contributed by atoms with E-state index in [0.717, 1.165) is 32.6 Å². The molecule has 2 N–H and O–H groups in total. The molecule has 1 rings (SSSR count). The summed E-state index contributed by atoms with van der Waals surface area (Å²) in [5.74, 6) is 0. The van der Waals surface area contributed by atoms with Crippen molar-refractivity contribution in [3.63, 3.8) is 0 Å². The van der Waals surface area contributed by atoms with E-state index in [1.54, 1.807) is 10.9 Å². The van der Waals surface area contributed by atoms with Crippen LogP contribution in [-0.2, 0) is 16.6 Å². The normalized spacial score (nSPS) is 12.2. The first-order valence-corrected chi connectivity index (χ1v) is 8.90. The van der Waals surface area contributed by atoms with Crippen LogP contribution in [0.4, 0.5) is 0 Å². The Morgan fingerprint density at radius 3 is 2.62 bits per heavy atom. The van der Waals surface area contributed by atoms with E-state index in [-0.39, 0.29) is 4.90 Å². The summed E-state index contributed by atoms with van der Waals surface area (Å²) < 4.78 is 28.5. The summed E-state index contributed by atoms with van der Waals surface area (Å²) in [7, 11) is -1.60. The molecule has 0 bridgehead atoms. The van der Waals surface area contributed by atoms with Gasteiger partial charge in [0.25, 0.3) is 0 Å². The number of hydrogen-bond acceptors (Lipinski definition) is 5. The van der Waals surface area contributed by atoms with Gasteiger partial charge in [-0.2, -0.15) is 5.10 Å². The summed E-state index contributed by atoms with van der Waals surface area (Å²) in [6.45, 7) is 8.92. The van der Waals surface area contributed by atoms with Crippen LogP contribution in [-0.4, -0.2) is 62.9 Å². The van der Waals surface area contributed by atoms with Gasteiger partial charge in [-0.05, 0) is 33.1 Å². The Hall–Kier alpha value is -0.960. The number of nitrogens with one attached hydrogen (secondary N) is 2. The van der Waals surface area contributed by atoms with Crippen molar-refractivity contribution in [2.45, 2.75) is 31.7 Å². The molecule has 1 heterocycles. The van der Waals surface area contributed by atoms with E-state index in [1.807, 2.05) is 7.05 Å². The van der Waals surface area contributed by atoms with Crippen LogP contribution in [0, 0.1) is 0 Å². The van der Waals surface area contributed by atoms with Crippen molar-refractivity contribution in [2.75, 3.05) is 39.8 Å². The van der Waals surface area contributed by atoms with Crippen molar-refractivity contribution in [1.29, 1.82) is 0 Å². The van der Waals surface area contributed by atoms with Crippen LogP contribution in [0.15, 0.2) is 17.3 Å². The first-order valence-electron chi connectivity index (χ1n) is 7.42. The smallest absolute Gasteiger partial charge is 0.243 e. The van der Waals surface area contributed by atoms with Crippen LogP contribution in [0.1, 0.15) is 20.3 Å². The van der Waals surface area contributed by atoms with Gasteiger partial charge in [0.15, 0.2) is 0 Å². The number of hydrogen-bond donors (Lipinski definition) is 2. The quantitative estimate of drug-likeness (QED) is 0.567. The topological polar surface area (TPSA) is 79.3 Å². The summed E-state index contributed by atoms with van der Waals surface area (Å²) in [5.41, 5.74) is 0. The molecule has 0 spiro atoms. The molecular weight excluding hydrogens is 290 g/mol. The molecule has 0 radical (unpaired) electrons. The van der Waals surface area contributed by atoms with Crippen LogP contribution in [0.2, 0.25) is 0 Å². The van der Waals surface area contributed by atoms with Gasteiger partial charge in [-0.25, -0.2) is 13.1 Å². The average Bonchev–Trinajstić information content (AvgIpc) is 2.95. The van der Waals surface area contributed by atoms with Crippen molar-refractivity contribution in [2.24, 2.45) is 0 Å². The molecule has 1 aromatic heterocycles. The second kappa shape index (κ2) is 9.14. The zero-order chi connectivity index (χ0) is 15.7. The number of aromatic nitrogens is 2. The molecule has 0 aliphatic rings. The lowest BCUT2D eigenvalue weighted by Gasteiger charge is -2.17. The summed E-state index contributed by atoms with van der Waals surface area (Å²) >= 11 is 0. The Kier molecular flexibility index (Phi) is 7.87. The predicted molar refractivity (Wildman–Crippen MR) is 83.7 cm³/mol. The fraction of sp³-hybridized carbons (Fsp3) is 0.769. The van der Waals surface area contributed by atoms with Crippen LogP contribution in [0.5, 0.6) is 0 Å². The maximum atomic E-state index is 12.1. The van der Waals surface area contributed by atoms with Crippen molar-refractivity contribution in [3.8, 4) is 0 Å². The van der Waals surface area contributed by atoms with E-state index < -0.39 is 10.0 Å². The largest absolute Gasteiger partial charge is 0.318 e. The van der Waals surface area contributed by atoms with Gasteiger partial charge in [0, 0.05) is 19.3 Å². The molecule has 0 saturated heterocycles. The Morgan fingerprint density at radius 2 is 2.00 bits per heavy atom. The van der Waals surface area contributed by atoms with Gasteiger partial charge in [0.05, 0.1) is 12.7 Å². The van der Waals surface area contributed by atoms with Gasteiger partial charge in [-0.1, -0.05) is 13.8 Å². The van der Waals surface area contributed by atoms with Crippen LogP contribution in [0.3, 0.4) is 0 Å². The molecule has 7 nitrogen and oxygen atoms in total. The second-order valence-electron chi connectivity index (χ2n) is 4.82. The number of rotatable bonds is 11. The van der Waals surface area contributed by atoms with Gasteiger partial charge in [-0.3, -0.25) is 4.68 Å². The molecule has 0 saturated carbocycles. The lowest BCUT2D eigenvalue weighted by Crippen LogP contribution is -2.29.